The summed E-state index contributed by atoms with van der Waals surface area (Å²) < 4.78 is 5.45. The van der Waals surface area contributed by atoms with Crippen LogP contribution in [0.25, 0.3) is 0 Å². The number of hydrogen-bond donors (Lipinski definition) is 1. The Morgan fingerprint density at radius 3 is 2.60 bits per heavy atom. The topological polar surface area (TPSA) is 93.1 Å². The molecular weight excluding hydrogens is 404 g/mol. The van der Waals surface area contributed by atoms with Gasteiger partial charge in [0.25, 0.3) is 5.91 Å². The molecule has 1 unspecified atom stereocenters. The Bertz CT molecular complexity index is 847. The molecule has 30 heavy (non-hydrogen) atoms. The number of aryl methyl sites for hydroxylation is 1. The Hall–Kier alpha value is -2.16. The number of nitrogens with one attached hydrogen (secondary N) is 1. The number of hydrogen-bond acceptors (Lipinski definition) is 7. The molecule has 1 aromatic rings. The molecule has 2 aliphatic heterocycles. The molecule has 0 bridgehead atoms. The largest absolute Gasteiger partial charge is 0.444 e. The Morgan fingerprint density at radius 2 is 2.03 bits per heavy atom. The Kier molecular flexibility index (Phi) is 5.50. The van der Waals surface area contributed by atoms with Gasteiger partial charge >= 0.3 is 6.09 Å². The van der Waals surface area contributed by atoms with Gasteiger partial charge < -0.3 is 19.8 Å². The third-order valence-electron chi connectivity index (χ3n) is 5.71. The van der Waals surface area contributed by atoms with Crippen LogP contribution in [0, 0.1) is 12.8 Å². The number of carbonyl (C=O) groups is 2. The van der Waals surface area contributed by atoms with Gasteiger partial charge in [-0.3, -0.25) is 4.79 Å². The zero-order valence-corrected chi connectivity index (χ0v) is 18.9. The minimum atomic E-state index is -0.515. The summed E-state index contributed by atoms with van der Waals surface area (Å²) in [7, 11) is 0. The summed E-state index contributed by atoms with van der Waals surface area (Å²) in [5.74, 6) is 0.277. The van der Waals surface area contributed by atoms with Gasteiger partial charge in [-0.25, -0.2) is 9.78 Å². The number of thiazole rings is 1. The van der Waals surface area contributed by atoms with E-state index in [-0.39, 0.29) is 18.0 Å². The van der Waals surface area contributed by atoms with E-state index in [9.17, 15) is 9.59 Å². The molecule has 1 N–H and O–H groups in total. The van der Waals surface area contributed by atoms with Crippen LogP contribution in [0.3, 0.4) is 0 Å². The van der Waals surface area contributed by atoms with E-state index in [0.717, 1.165) is 23.5 Å². The van der Waals surface area contributed by atoms with E-state index >= 15 is 0 Å². The molecular formula is C21H30N4O4S. The van der Waals surface area contributed by atoms with Gasteiger partial charge in [-0.1, -0.05) is 5.16 Å². The van der Waals surface area contributed by atoms with Crippen molar-refractivity contribution in [3.8, 4) is 0 Å². The summed E-state index contributed by atoms with van der Waals surface area (Å²) in [4.78, 5) is 37.2. The van der Waals surface area contributed by atoms with Crippen LogP contribution in [0.4, 0.5) is 4.79 Å². The number of amides is 2. The average Bonchev–Trinajstić information content (AvgIpc) is 3.30. The van der Waals surface area contributed by atoms with Crippen molar-refractivity contribution in [1.29, 1.82) is 0 Å². The first kappa shape index (κ1) is 21.1. The van der Waals surface area contributed by atoms with E-state index in [0.29, 0.717) is 44.0 Å². The molecule has 164 valence electrons. The van der Waals surface area contributed by atoms with Gasteiger partial charge in [0.1, 0.15) is 21.9 Å². The van der Waals surface area contributed by atoms with Crippen LogP contribution < -0.4 is 5.32 Å². The van der Waals surface area contributed by atoms with Crippen molar-refractivity contribution >= 4 is 29.0 Å². The highest BCUT2D eigenvalue weighted by Gasteiger charge is 2.46. The molecule has 9 heteroatoms. The molecule has 1 spiro atoms. The van der Waals surface area contributed by atoms with Gasteiger partial charge in [-0.15, -0.1) is 11.3 Å². The van der Waals surface area contributed by atoms with Crippen LogP contribution >= 0.6 is 11.3 Å². The number of likely N-dealkylation sites (tertiary alicyclic amines) is 1. The highest BCUT2D eigenvalue weighted by Crippen LogP contribution is 2.42. The quantitative estimate of drug-likeness (QED) is 0.782. The molecule has 1 saturated heterocycles. The maximum atomic E-state index is 12.9. The van der Waals surface area contributed by atoms with Gasteiger partial charge in [0, 0.05) is 43.4 Å². The number of ether oxygens (including phenoxy) is 1. The smallest absolute Gasteiger partial charge is 0.410 e. The highest BCUT2D eigenvalue weighted by atomic mass is 32.1. The van der Waals surface area contributed by atoms with Crippen molar-refractivity contribution in [3.63, 3.8) is 0 Å². The van der Waals surface area contributed by atoms with Crippen molar-refractivity contribution in [2.24, 2.45) is 11.1 Å². The first-order chi connectivity index (χ1) is 14.1. The molecule has 8 nitrogen and oxygen atoms in total. The summed E-state index contributed by atoms with van der Waals surface area (Å²) in [6.07, 6.45) is 3.64. The van der Waals surface area contributed by atoms with Gasteiger partial charge in [-0.05, 0) is 46.5 Å². The highest BCUT2D eigenvalue weighted by molar-refractivity contribution is 7.09. The minimum Gasteiger partial charge on any atom is -0.444 e. The van der Waals surface area contributed by atoms with Crippen molar-refractivity contribution in [3.05, 3.63) is 16.1 Å². The first-order valence-electron chi connectivity index (χ1n) is 10.6. The Labute approximate surface area is 181 Å². The van der Waals surface area contributed by atoms with Gasteiger partial charge in [0.15, 0.2) is 0 Å². The predicted octanol–water partition coefficient (Wildman–Crippen LogP) is 3.56. The molecule has 1 saturated carbocycles. The van der Waals surface area contributed by atoms with Crippen LogP contribution in [0.15, 0.2) is 10.5 Å². The lowest BCUT2D eigenvalue weighted by molar-refractivity contribution is -0.115. The number of nitrogens with zero attached hydrogens (tertiary/aromatic N) is 3. The maximum Gasteiger partial charge on any atom is 0.410 e. The zero-order chi connectivity index (χ0) is 21.5. The van der Waals surface area contributed by atoms with Crippen molar-refractivity contribution in [1.82, 2.24) is 15.2 Å². The van der Waals surface area contributed by atoms with Crippen molar-refractivity contribution < 1.29 is 19.2 Å². The number of piperidine rings is 1. The van der Waals surface area contributed by atoms with Gasteiger partial charge in [0.05, 0.1) is 6.04 Å². The number of rotatable bonds is 4. The minimum absolute atomic E-state index is 0.0514. The second kappa shape index (κ2) is 7.83. The molecule has 2 amide bonds. The molecule has 0 aromatic carbocycles. The third-order valence-corrected chi connectivity index (χ3v) is 6.76. The van der Waals surface area contributed by atoms with E-state index < -0.39 is 11.2 Å². The molecule has 2 fully saturated rings. The summed E-state index contributed by atoms with van der Waals surface area (Å²) in [5, 5.41) is 10.2. The summed E-state index contributed by atoms with van der Waals surface area (Å²) >= 11 is 1.59. The number of oxime groups is 1. The Balaban J connectivity index is 1.32. The number of aromatic nitrogens is 1. The van der Waals surface area contributed by atoms with E-state index in [4.69, 9.17) is 9.57 Å². The van der Waals surface area contributed by atoms with Gasteiger partial charge in [-0.2, -0.15) is 0 Å². The maximum absolute atomic E-state index is 12.9. The van der Waals surface area contributed by atoms with Crippen LogP contribution in [0.5, 0.6) is 0 Å². The molecule has 0 radical (unpaired) electrons. The standard InChI is InChI=1S/C21H30N4O4S/c1-13-12-30-18(22-13)16(14-5-6-14)23-17(26)15-11-21(29-24-15)7-9-25(10-8-21)19(27)28-20(2,3)4/h12,14,16H,5-11H2,1-4H3,(H,23,26). The van der Waals surface area contributed by atoms with Crippen molar-refractivity contribution in [2.75, 3.05) is 13.1 Å². The average molecular weight is 435 g/mol. The van der Waals surface area contributed by atoms with Crippen molar-refractivity contribution in [2.45, 2.75) is 77.0 Å². The molecule has 4 rings (SSSR count). The summed E-state index contributed by atoms with van der Waals surface area (Å²) in [5.41, 5.74) is 0.392. The molecule has 3 aliphatic rings. The van der Waals surface area contributed by atoms with E-state index in [2.05, 4.69) is 15.5 Å². The normalized spacial score (nSPS) is 21.7. The third kappa shape index (κ3) is 4.77. The fourth-order valence-electron chi connectivity index (χ4n) is 3.89. The SMILES string of the molecule is Cc1csc(C(NC(=O)C2=NOC3(CCN(C(=O)OC(C)(C)C)CC3)C2)C2CC2)n1. The number of carbonyl (C=O) groups excluding carboxylic acids is 2. The molecule has 1 atom stereocenters. The van der Waals surface area contributed by atoms with E-state index in [1.54, 1.807) is 16.2 Å². The lowest BCUT2D eigenvalue weighted by Gasteiger charge is -2.37. The lowest BCUT2D eigenvalue weighted by Crippen LogP contribution is -2.48. The molecule has 1 aromatic heterocycles. The van der Waals surface area contributed by atoms with Crippen LogP contribution in [0.1, 0.15) is 69.6 Å². The lowest BCUT2D eigenvalue weighted by atomic mass is 9.87. The predicted molar refractivity (Wildman–Crippen MR) is 113 cm³/mol. The van der Waals surface area contributed by atoms with Crippen LogP contribution in [-0.4, -0.2) is 51.9 Å². The molecule has 3 heterocycles. The van der Waals surface area contributed by atoms with Crippen LogP contribution in [-0.2, 0) is 14.4 Å². The summed E-state index contributed by atoms with van der Waals surface area (Å²) in [6.45, 7) is 8.60. The van der Waals surface area contributed by atoms with E-state index in [1.165, 1.54) is 0 Å². The Morgan fingerprint density at radius 1 is 1.33 bits per heavy atom. The first-order valence-corrected chi connectivity index (χ1v) is 11.5. The fourth-order valence-corrected chi connectivity index (χ4v) is 4.82. The van der Waals surface area contributed by atoms with Gasteiger partial charge in [0.2, 0.25) is 0 Å². The second-order valence-electron chi connectivity index (χ2n) is 9.57. The zero-order valence-electron chi connectivity index (χ0n) is 18.1. The van der Waals surface area contributed by atoms with Crippen LogP contribution in [0.2, 0.25) is 0 Å². The summed E-state index contributed by atoms with van der Waals surface area (Å²) in [6, 6.07) is -0.0514. The fraction of sp³-hybridized carbons (Fsp3) is 0.714. The van der Waals surface area contributed by atoms with E-state index in [1.807, 2.05) is 33.1 Å². The monoisotopic (exact) mass is 434 g/mol. The second-order valence-corrected chi connectivity index (χ2v) is 10.5. The molecule has 1 aliphatic carbocycles.